The van der Waals surface area contributed by atoms with Gasteiger partial charge in [-0.25, -0.2) is 0 Å². The molecule has 1 aromatic carbocycles. The van der Waals surface area contributed by atoms with E-state index in [4.69, 9.17) is 5.73 Å². The summed E-state index contributed by atoms with van der Waals surface area (Å²) in [5.41, 5.74) is 6.59. The Hall–Kier alpha value is -0.980. The molecule has 3 nitrogen and oxygen atoms in total. The topological polar surface area (TPSA) is 55.1 Å². The van der Waals surface area contributed by atoms with Crippen LogP contribution in [0.5, 0.6) is 0 Å². The van der Waals surface area contributed by atoms with E-state index in [1.165, 1.54) is 11.8 Å². The van der Waals surface area contributed by atoms with Crippen molar-refractivity contribution in [3.8, 4) is 0 Å². The fourth-order valence-electron chi connectivity index (χ4n) is 1.69. The van der Waals surface area contributed by atoms with Gasteiger partial charge in [-0.15, -0.1) is 23.1 Å². The molecule has 0 saturated heterocycles. The molecule has 0 aliphatic carbocycles. The van der Waals surface area contributed by atoms with Gasteiger partial charge >= 0.3 is 0 Å². The zero-order valence-electron chi connectivity index (χ0n) is 10.9. The Labute approximate surface area is 135 Å². The lowest BCUT2D eigenvalue weighted by Crippen LogP contribution is -2.27. The van der Waals surface area contributed by atoms with E-state index in [0.29, 0.717) is 11.4 Å². The number of hydrogen-bond acceptors (Lipinski definition) is 4. The van der Waals surface area contributed by atoms with Gasteiger partial charge in [0.25, 0.3) is 0 Å². The Balaban J connectivity index is 1.86. The molecule has 0 bridgehead atoms. The van der Waals surface area contributed by atoms with E-state index in [9.17, 15) is 4.79 Å². The number of nitrogen functional groups attached to an aromatic ring is 1. The Morgan fingerprint density at radius 3 is 2.95 bits per heavy atom. The van der Waals surface area contributed by atoms with Crippen LogP contribution in [0, 0.1) is 0 Å². The standard InChI is InChI=1S/C14H15BrN2OS2/c1-9(12-3-2-6-19-12)17-14(18)8-20-13-5-4-10(15)7-11(13)16/h2-7,9H,8,16H2,1H3,(H,17,18). The van der Waals surface area contributed by atoms with Gasteiger partial charge in [0.05, 0.1) is 11.8 Å². The highest BCUT2D eigenvalue weighted by Gasteiger charge is 2.11. The largest absolute Gasteiger partial charge is 0.398 e. The Morgan fingerprint density at radius 1 is 1.50 bits per heavy atom. The highest BCUT2D eigenvalue weighted by molar-refractivity contribution is 9.10. The van der Waals surface area contributed by atoms with Crippen molar-refractivity contribution in [3.05, 3.63) is 45.1 Å². The van der Waals surface area contributed by atoms with Gasteiger partial charge in [-0.2, -0.15) is 0 Å². The van der Waals surface area contributed by atoms with Gasteiger partial charge in [0.1, 0.15) is 0 Å². The normalized spacial score (nSPS) is 12.1. The van der Waals surface area contributed by atoms with E-state index in [2.05, 4.69) is 21.2 Å². The molecular weight excluding hydrogens is 356 g/mol. The van der Waals surface area contributed by atoms with Crippen LogP contribution in [0.25, 0.3) is 0 Å². The molecule has 106 valence electrons. The maximum Gasteiger partial charge on any atom is 0.230 e. The number of benzene rings is 1. The predicted molar refractivity (Wildman–Crippen MR) is 90.2 cm³/mol. The Kier molecular flexibility index (Phi) is 5.51. The van der Waals surface area contributed by atoms with E-state index in [1.54, 1.807) is 11.3 Å². The van der Waals surface area contributed by atoms with Crippen molar-refractivity contribution >= 4 is 50.6 Å². The lowest BCUT2D eigenvalue weighted by Gasteiger charge is -2.12. The molecule has 0 aliphatic rings. The summed E-state index contributed by atoms with van der Waals surface area (Å²) in [6.45, 7) is 1.99. The summed E-state index contributed by atoms with van der Waals surface area (Å²) in [5.74, 6) is 0.375. The van der Waals surface area contributed by atoms with Gasteiger partial charge in [0.15, 0.2) is 0 Å². The van der Waals surface area contributed by atoms with E-state index in [-0.39, 0.29) is 11.9 Å². The van der Waals surface area contributed by atoms with Crippen molar-refractivity contribution in [3.63, 3.8) is 0 Å². The maximum atomic E-state index is 11.9. The summed E-state index contributed by atoms with van der Waals surface area (Å²) in [5, 5.41) is 4.99. The van der Waals surface area contributed by atoms with Crippen molar-refractivity contribution in [1.82, 2.24) is 5.32 Å². The number of thioether (sulfide) groups is 1. The first kappa shape index (κ1) is 15.4. The van der Waals surface area contributed by atoms with Gasteiger partial charge in [0, 0.05) is 19.9 Å². The van der Waals surface area contributed by atoms with Crippen LogP contribution in [0.2, 0.25) is 0 Å². The van der Waals surface area contributed by atoms with Gasteiger partial charge in [-0.1, -0.05) is 22.0 Å². The summed E-state index contributed by atoms with van der Waals surface area (Å²) in [6, 6.07) is 9.74. The summed E-state index contributed by atoms with van der Waals surface area (Å²) in [4.78, 5) is 14.0. The van der Waals surface area contributed by atoms with Gasteiger partial charge < -0.3 is 11.1 Å². The van der Waals surface area contributed by atoms with Crippen molar-refractivity contribution in [2.75, 3.05) is 11.5 Å². The number of nitrogens with one attached hydrogen (secondary N) is 1. The van der Waals surface area contributed by atoms with Gasteiger partial charge in [-0.05, 0) is 36.6 Å². The molecule has 2 aromatic rings. The first-order valence-electron chi connectivity index (χ1n) is 6.07. The summed E-state index contributed by atoms with van der Waals surface area (Å²) < 4.78 is 0.940. The molecule has 0 spiro atoms. The number of halogens is 1. The maximum absolute atomic E-state index is 11.9. The summed E-state index contributed by atoms with van der Waals surface area (Å²) in [6.07, 6.45) is 0. The van der Waals surface area contributed by atoms with Crippen LogP contribution in [0.1, 0.15) is 17.8 Å². The monoisotopic (exact) mass is 370 g/mol. The molecule has 0 radical (unpaired) electrons. The Morgan fingerprint density at radius 2 is 2.30 bits per heavy atom. The van der Waals surface area contributed by atoms with E-state index < -0.39 is 0 Å². The fraction of sp³-hybridized carbons (Fsp3) is 0.214. The highest BCUT2D eigenvalue weighted by Crippen LogP contribution is 2.28. The molecule has 1 aromatic heterocycles. The molecule has 1 amide bonds. The average Bonchev–Trinajstić information content (AvgIpc) is 2.91. The average molecular weight is 371 g/mol. The van der Waals surface area contributed by atoms with Crippen LogP contribution in [-0.2, 0) is 4.79 Å². The number of thiophene rings is 1. The third-order valence-corrected chi connectivity index (χ3v) is 5.32. The third kappa shape index (κ3) is 4.26. The first-order valence-corrected chi connectivity index (χ1v) is 8.72. The fourth-order valence-corrected chi connectivity index (χ4v) is 3.56. The molecule has 1 unspecified atom stereocenters. The summed E-state index contributed by atoms with van der Waals surface area (Å²) in [7, 11) is 0. The second-order valence-corrected chi connectivity index (χ2v) is 7.19. The minimum atomic E-state index is 0.0122. The van der Waals surface area contributed by atoms with Crippen LogP contribution in [0.15, 0.2) is 45.1 Å². The van der Waals surface area contributed by atoms with Crippen LogP contribution in [-0.4, -0.2) is 11.7 Å². The van der Waals surface area contributed by atoms with Crippen LogP contribution < -0.4 is 11.1 Å². The molecule has 3 N–H and O–H groups in total. The van der Waals surface area contributed by atoms with Crippen molar-refractivity contribution in [2.24, 2.45) is 0 Å². The van der Waals surface area contributed by atoms with Gasteiger partial charge in [-0.3, -0.25) is 4.79 Å². The molecule has 2 rings (SSSR count). The predicted octanol–water partition coefficient (Wildman–Crippen LogP) is 4.06. The number of rotatable bonds is 5. The minimum Gasteiger partial charge on any atom is -0.398 e. The first-order chi connectivity index (χ1) is 9.56. The molecule has 6 heteroatoms. The smallest absolute Gasteiger partial charge is 0.230 e. The number of carbonyl (C=O) groups is 1. The van der Waals surface area contributed by atoms with E-state index in [0.717, 1.165) is 14.2 Å². The van der Waals surface area contributed by atoms with E-state index >= 15 is 0 Å². The number of amides is 1. The van der Waals surface area contributed by atoms with E-state index in [1.807, 2.05) is 42.6 Å². The second-order valence-electron chi connectivity index (χ2n) is 4.28. The quantitative estimate of drug-likeness (QED) is 0.616. The Bertz CT molecular complexity index is 587. The molecule has 0 saturated carbocycles. The number of anilines is 1. The van der Waals surface area contributed by atoms with Crippen molar-refractivity contribution in [2.45, 2.75) is 17.9 Å². The zero-order valence-corrected chi connectivity index (χ0v) is 14.1. The third-order valence-electron chi connectivity index (χ3n) is 2.68. The molecular formula is C14H15BrN2OS2. The second kappa shape index (κ2) is 7.15. The molecule has 1 heterocycles. The summed E-state index contributed by atoms with van der Waals surface area (Å²) >= 11 is 6.46. The number of nitrogens with two attached hydrogens (primary N) is 1. The van der Waals surface area contributed by atoms with Gasteiger partial charge in [0.2, 0.25) is 5.91 Å². The molecule has 0 fully saturated rings. The van der Waals surface area contributed by atoms with Crippen molar-refractivity contribution < 1.29 is 4.79 Å². The van der Waals surface area contributed by atoms with Crippen LogP contribution in [0.4, 0.5) is 5.69 Å². The molecule has 1 atom stereocenters. The SMILES string of the molecule is CC(NC(=O)CSc1ccc(Br)cc1N)c1cccs1. The zero-order chi connectivity index (χ0) is 14.5. The van der Waals surface area contributed by atoms with Crippen LogP contribution >= 0.6 is 39.0 Å². The molecule has 0 aliphatic heterocycles. The van der Waals surface area contributed by atoms with Crippen LogP contribution in [0.3, 0.4) is 0 Å². The number of carbonyl (C=O) groups excluding carboxylic acids is 1. The minimum absolute atomic E-state index is 0.0122. The van der Waals surface area contributed by atoms with Crippen molar-refractivity contribution in [1.29, 1.82) is 0 Å². The molecule has 20 heavy (non-hydrogen) atoms. The lowest BCUT2D eigenvalue weighted by atomic mass is 10.3. The lowest BCUT2D eigenvalue weighted by molar-refractivity contribution is -0.119. The number of hydrogen-bond donors (Lipinski definition) is 2. The highest BCUT2D eigenvalue weighted by atomic mass is 79.9.